The fourth-order valence-electron chi connectivity index (χ4n) is 2.21. The number of rotatable bonds is 4. The molecule has 3 aromatic rings. The van der Waals surface area contributed by atoms with Crippen LogP contribution in [0.15, 0.2) is 90.0 Å². The van der Waals surface area contributed by atoms with Crippen LogP contribution in [-0.4, -0.2) is 12.1 Å². The van der Waals surface area contributed by atoms with Gasteiger partial charge in [0, 0.05) is 5.56 Å². The van der Waals surface area contributed by atoms with E-state index in [1.54, 1.807) is 18.3 Å². The molecule has 0 spiro atoms. The number of benzene rings is 3. The van der Waals surface area contributed by atoms with Gasteiger partial charge in [-0.25, -0.2) is 5.43 Å². The Morgan fingerprint density at radius 3 is 1.96 bits per heavy atom. The van der Waals surface area contributed by atoms with E-state index >= 15 is 0 Å². The highest BCUT2D eigenvalue weighted by Crippen LogP contribution is 2.18. The Morgan fingerprint density at radius 2 is 1.30 bits per heavy atom. The first kappa shape index (κ1) is 14.7. The van der Waals surface area contributed by atoms with Crippen molar-refractivity contribution in [3.8, 4) is 11.1 Å². The van der Waals surface area contributed by atoms with E-state index in [0.717, 1.165) is 11.1 Å². The molecule has 0 aliphatic heterocycles. The summed E-state index contributed by atoms with van der Waals surface area (Å²) < 4.78 is 0. The maximum atomic E-state index is 11.8. The molecule has 0 saturated carbocycles. The summed E-state index contributed by atoms with van der Waals surface area (Å²) in [6.07, 6.45) is 1.63. The number of hydrazone groups is 1. The topological polar surface area (TPSA) is 41.5 Å². The second kappa shape index (κ2) is 7.18. The van der Waals surface area contributed by atoms with Gasteiger partial charge in [0.1, 0.15) is 0 Å². The van der Waals surface area contributed by atoms with Crippen LogP contribution in [0.25, 0.3) is 11.1 Å². The highest BCUT2D eigenvalue weighted by atomic mass is 16.2. The van der Waals surface area contributed by atoms with Gasteiger partial charge in [0.25, 0.3) is 5.91 Å². The average molecular weight is 300 g/mol. The molecular weight excluding hydrogens is 284 g/mol. The molecule has 0 radical (unpaired) electrons. The summed E-state index contributed by atoms with van der Waals surface area (Å²) >= 11 is 0. The molecule has 112 valence electrons. The molecule has 0 fully saturated rings. The van der Waals surface area contributed by atoms with E-state index in [9.17, 15) is 4.79 Å². The molecule has 3 nitrogen and oxygen atoms in total. The summed E-state index contributed by atoms with van der Waals surface area (Å²) in [6, 6.07) is 27.2. The number of nitrogens with zero attached hydrogens (tertiary/aromatic N) is 1. The third-order valence-electron chi connectivity index (χ3n) is 3.43. The van der Waals surface area contributed by atoms with Crippen molar-refractivity contribution in [1.29, 1.82) is 0 Å². The average Bonchev–Trinajstić information content (AvgIpc) is 2.64. The fraction of sp³-hybridized carbons (Fsp3) is 0. The second-order valence-electron chi connectivity index (χ2n) is 5.05. The summed E-state index contributed by atoms with van der Waals surface area (Å²) in [6.45, 7) is 0. The van der Waals surface area contributed by atoms with Crippen molar-refractivity contribution in [2.24, 2.45) is 5.10 Å². The molecule has 0 saturated heterocycles. The second-order valence-corrected chi connectivity index (χ2v) is 5.05. The number of carbonyl (C=O) groups is 1. The van der Waals surface area contributed by atoms with Gasteiger partial charge in [-0.2, -0.15) is 5.10 Å². The number of amides is 1. The van der Waals surface area contributed by atoms with Crippen molar-refractivity contribution in [3.05, 3.63) is 96.1 Å². The fourth-order valence-corrected chi connectivity index (χ4v) is 2.21. The van der Waals surface area contributed by atoms with E-state index in [4.69, 9.17) is 0 Å². The third-order valence-corrected chi connectivity index (χ3v) is 3.43. The quantitative estimate of drug-likeness (QED) is 0.571. The minimum atomic E-state index is -0.220. The Hall–Kier alpha value is -3.20. The van der Waals surface area contributed by atoms with Gasteiger partial charge >= 0.3 is 0 Å². The Balaban J connectivity index is 1.63. The van der Waals surface area contributed by atoms with E-state index in [1.165, 1.54) is 5.56 Å². The van der Waals surface area contributed by atoms with Crippen molar-refractivity contribution >= 4 is 12.1 Å². The zero-order valence-electron chi connectivity index (χ0n) is 12.5. The van der Waals surface area contributed by atoms with Gasteiger partial charge in [0.15, 0.2) is 0 Å². The lowest BCUT2D eigenvalue weighted by Gasteiger charge is -2.02. The maximum absolute atomic E-state index is 11.8. The largest absolute Gasteiger partial charge is 0.271 e. The van der Waals surface area contributed by atoms with Crippen LogP contribution in [0.2, 0.25) is 0 Å². The van der Waals surface area contributed by atoms with Gasteiger partial charge in [-0.15, -0.1) is 0 Å². The number of nitrogens with one attached hydrogen (secondary N) is 1. The molecule has 0 aliphatic carbocycles. The summed E-state index contributed by atoms with van der Waals surface area (Å²) in [7, 11) is 0. The van der Waals surface area contributed by atoms with Crippen molar-refractivity contribution < 1.29 is 4.79 Å². The summed E-state index contributed by atoms with van der Waals surface area (Å²) in [5.74, 6) is -0.220. The highest BCUT2D eigenvalue weighted by molar-refractivity contribution is 5.94. The van der Waals surface area contributed by atoms with Crippen LogP contribution in [0.3, 0.4) is 0 Å². The smallest absolute Gasteiger partial charge is 0.267 e. The summed E-state index contributed by atoms with van der Waals surface area (Å²) in [5, 5.41) is 4.00. The van der Waals surface area contributed by atoms with Crippen LogP contribution >= 0.6 is 0 Å². The van der Waals surface area contributed by atoms with Crippen molar-refractivity contribution in [2.75, 3.05) is 0 Å². The number of hydrogen-bond acceptors (Lipinski definition) is 2. The van der Waals surface area contributed by atoms with Gasteiger partial charge in [-0.1, -0.05) is 72.8 Å². The number of carbonyl (C=O) groups excluding carboxylic acids is 1. The van der Waals surface area contributed by atoms with Gasteiger partial charge < -0.3 is 0 Å². The SMILES string of the molecule is O=C(N/N=C\c1ccc(-c2ccccc2)cc1)c1ccccc1. The van der Waals surface area contributed by atoms with Crippen molar-refractivity contribution in [1.82, 2.24) is 5.43 Å². The molecule has 3 heteroatoms. The first-order valence-corrected chi connectivity index (χ1v) is 7.37. The first-order chi connectivity index (χ1) is 11.3. The molecule has 3 rings (SSSR count). The van der Waals surface area contributed by atoms with Gasteiger partial charge in [0.05, 0.1) is 6.21 Å². The molecule has 0 heterocycles. The molecule has 3 aromatic carbocycles. The Morgan fingerprint density at radius 1 is 0.739 bits per heavy atom. The van der Waals surface area contributed by atoms with Gasteiger partial charge in [-0.05, 0) is 28.8 Å². The van der Waals surface area contributed by atoms with Crippen molar-refractivity contribution in [3.63, 3.8) is 0 Å². The molecule has 23 heavy (non-hydrogen) atoms. The van der Waals surface area contributed by atoms with Gasteiger partial charge in [0.2, 0.25) is 0 Å². The Labute approximate surface area is 135 Å². The molecule has 0 bridgehead atoms. The summed E-state index contributed by atoms with van der Waals surface area (Å²) in [5.41, 5.74) is 6.36. The predicted molar refractivity (Wildman–Crippen MR) is 93.4 cm³/mol. The normalized spacial score (nSPS) is 10.6. The lowest BCUT2D eigenvalue weighted by atomic mass is 10.0. The molecule has 0 aromatic heterocycles. The maximum Gasteiger partial charge on any atom is 0.271 e. The molecule has 0 atom stereocenters. The van der Waals surface area contributed by atoms with E-state index in [-0.39, 0.29) is 5.91 Å². The zero-order valence-corrected chi connectivity index (χ0v) is 12.5. The summed E-state index contributed by atoms with van der Waals surface area (Å²) in [4.78, 5) is 11.8. The zero-order chi connectivity index (χ0) is 15.9. The van der Waals surface area contributed by atoms with E-state index in [2.05, 4.69) is 22.7 Å². The number of hydrogen-bond donors (Lipinski definition) is 1. The van der Waals surface area contributed by atoms with Crippen molar-refractivity contribution in [2.45, 2.75) is 0 Å². The van der Waals surface area contributed by atoms with Crippen LogP contribution in [0, 0.1) is 0 Å². The van der Waals surface area contributed by atoms with E-state index in [1.807, 2.05) is 60.7 Å². The van der Waals surface area contributed by atoms with Crippen LogP contribution in [0.1, 0.15) is 15.9 Å². The predicted octanol–water partition coefficient (Wildman–Crippen LogP) is 4.12. The monoisotopic (exact) mass is 300 g/mol. The van der Waals surface area contributed by atoms with Crippen LogP contribution < -0.4 is 5.43 Å². The van der Waals surface area contributed by atoms with Crippen LogP contribution in [0.5, 0.6) is 0 Å². The molecule has 0 aliphatic rings. The molecule has 1 amide bonds. The lowest BCUT2D eigenvalue weighted by Crippen LogP contribution is -2.17. The molecule has 1 N–H and O–H groups in total. The lowest BCUT2D eigenvalue weighted by molar-refractivity contribution is 0.0955. The molecule has 0 unspecified atom stereocenters. The van der Waals surface area contributed by atoms with E-state index < -0.39 is 0 Å². The van der Waals surface area contributed by atoms with E-state index in [0.29, 0.717) is 5.56 Å². The minimum absolute atomic E-state index is 0.220. The Kier molecular flexibility index (Phi) is 4.60. The molecular formula is C20H16N2O. The standard InChI is InChI=1S/C20H16N2O/c23-20(19-9-5-2-6-10-19)22-21-15-16-11-13-18(14-12-16)17-7-3-1-4-8-17/h1-15H,(H,22,23)/b21-15-. The highest BCUT2D eigenvalue weighted by Gasteiger charge is 2.01. The van der Waals surface area contributed by atoms with Crippen LogP contribution in [-0.2, 0) is 0 Å². The Bertz CT molecular complexity index is 794. The van der Waals surface area contributed by atoms with Crippen LogP contribution in [0.4, 0.5) is 0 Å². The van der Waals surface area contributed by atoms with Gasteiger partial charge in [-0.3, -0.25) is 4.79 Å². The minimum Gasteiger partial charge on any atom is -0.267 e. The first-order valence-electron chi connectivity index (χ1n) is 7.37. The third kappa shape index (κ3) is 3.92.